The lowest BCUT2D eigenvalue weighted by molar-refractivity contribution is -0.658. The highest BCUT2D eigenvalue weighted by Gasteiger charge is 2.20. The number of para-hydroxylation sites is 2. The number of aryl methyl sites for hydroxylation is 2. The average molecular weight is 351 g/mol. The molecule has 132 valence electrons. The number of carbonyl (C=O) groups is 1. The largest absolute Gasteiger partial charge is 0.317 e. The van der Waals surface area contributed by atoms with E-state index >= 15 is 0 Å². The Balaban J connectivity index is 1.90. The molecule has 0 saturated carbocycles. The van der Waals surface area contributed by atoms with Crippen LogP contribution >= 0.6 is 0 Å². The molecule has 3 aromatic rings. The van der Waals surface area contributed by atoms with Crippen molar-refractivity contribution in [1.29, 1.82) is 0 Å². The van der Waals surface area contributed by atoms with Gasteiger partial charge in [-0.15, -0.1) is 0 Å². The lowest BCUT2D eigenvalue weighted by Gasteiger charge is -2.08. The van der Waals surface area contributed by atoms with Gasteiger partial charge in [-0.1, -0.05) is 18.7 Å². The van der Waals surface area contributed by atoms with E-state index in [0.717, 1.165) is 22.2 Å². The lowest BCUT2D eigenvalue weighted by atomic mass is 10.1. The van der Waals surface area contributed by atoms with Crippen LogP contribution in [0.5, 0.6) is 0 Å². The SMILES string of the molecule is C=Cn1c[n+](CC(=O)Nc2cc(C)c(C)cc2[N+](=O)[O-])c2ccccc21. The van der Waals surface area contributed by atoms with E-state index in [9.17, 15) is 14.9 Å². The van der Waals surface area contributed by atoms with E-state index in [-0.39, 0.29) is 23.8 Å². The summed E-state index contributed by atoms with van der Waals surface area (Å²) in [5, 5.41) is 13.9. The first-order chi connectivity index (χ1) is 12.4. The molecule has 7 nitrogen and oxygen atoms in total. The van der Waals surface area contributed by atoms with Gasteiger partial charge < -0.3 is 5.32 Å². The summed E-state index contributed by atoms with van der Waals surface area (Å²) in [6.07, 6.45) is 3.43. The summed E-state index contributed by atoms with van der Waals surface area (Å²) in [6, 6.07) is 10.7. The van der Waals surface area contributed by atoms with Crippen LogP contribution in [0.2, 0.25) is 0 Å². The van der Waals surface area contributed by atoms with Gasteiger partial charge in [0.2, 0.25) is 6.33 Å². The standard InChI is InChI=1S/C19H18N4O3/c1-4-21-12-22(17-8-6-5-7-16(17)21)11-19(24)20-15-9-13(2)14(3)10-18(15)23(25)26/h4-10,12H,1,11H2,2-3H3/p+1. The van der Waals surface area contributed by atoms with Gasteiger partial charge >= 0.3 is 0 Å². The van der Waals surface area contributed by atoms with Crippen molar-refractivity contribution in [3.05, 3.63) is 70.5 Å². The molecule has 2 aromatic carbocycles. The first kappa shape index (κ1) is 17.3. The number of carbonyl (C=O) groups excluding carboxylic acids is 1. The number of nitro groups is 1. The summed E-state index contributed by atoms with van der Waals surface area (Å²) in [4.78, 5) is 23.3. The molecule has 0 fully saturated rings. The fourth-order valence-electron chi connectivity index (χ4n) is 2.87. The lowest BCUT2D eigenvalue weighted by Crippen LogP contribution is -2.39. The maximum Gasteiger partial charge on any atom is 0.293 e. The van der Waals surface area contributed by atoms with Crippen LogP contribution in [0.1, 0.15) is 11.1 Å². The second kappa shape index (κ2) is 6.79. The second-order valence-electron chi connectivity index (χ2n) is 6.08. The summed E-state index contributed by atoms with van der Waals surface area (Å²) in [6.45, 7) is 7.45. The maximum atomic E-state index is 12.5. The molecule has 0 spiro atoms. The van der Waals surface area contributed by atoms with Gasteiger partial charge in [0.1, 0.15) is 5.69 Å². The van der Waals surface area contributed by atoms with Crippen LogP contribution in [0.25, 0.3) is 17.2 Å². The van der Waals surface area contributed by atoms with Crippen LogP contribution in [0, 0.1) is 24.0 Å². The molecule has 7 heteroatoms. The molecule has 3 rings (SSSR count). The molecule has 1 N–H and O–H groups in total. The highest BCUT2D eigenvalue weighted by atomic mass is 16.6. The van der Waals surface area contributed by atoms with Gasteiger partial charge in [0, 0.05) is 6.07 Å². The Bertz CT molecular complexity index is 1040. The van der Waals surface area contributed by atoms with Crippen LogP contribution in [0.15, 0.2) is 49.3 Å². The number of amides is 1. The Morgan fingerprint density at radius 1 is 1.31 bits per heavy atom. The molecule has 1 heterocycles. The summed E-state index contributed by atoms with van der Waals surface area (Å²) in [5.74, 6) is -0.340. The number of hydrogen-bond donors (Lipinski definition) is 1. The molecule has 1 aromatic heterocycles. The summed E-state index contributed by atoms with van der Waals surface area (Å²) in [7, 11) is 0. The van der Waals surface area contributed by atoms with E-state index in [1.807, 2.05) is 35.8 Å². The highest BCUT2D eigenvalue weighted by Crippen LogP contribution is 2.27. The van der Waals surface area contributed by atoms with E-state index < -0.39 is 4.92 Å². The van der Waals surface area contributed by atoms with Gasteiger partial charge in [0.15, 0.2) is 17.6 Å². The van der Waals surface area contributed by atoms with Gasteiger partial charge in [-0.25, -0.2) is 9.13 Å². The smallest absolute Gasteiger partial charge is 0.293 e. The highest BCUT2D eigenvalue weighted by molar-refractivity contribution is 5.92. The minimum absolute atomic E-state index is 0.0332. The van der Waals surface area contributed by atoms with Gasteiger partial charge in [-0.05, 0) is 43.2 Å². The molecular weight excluding hydrogens is 332 g/mol. The monoisotopic (exact) mass is 351 g/mol. The number of nitro benzene ring substituents is 1. The molecule has 0 aliphatic rings. The van der Waals surface area contributed by atoms with E-state index in [0.29, 0.717) is 0 Å². The number of hydrogen-bond acceptors (Lipinski definition) is 3. The second-order valence-corrected chi connectivity index (χ2v) is 6.08. The van der Waals surface area contributed by atoms with Gasteiger partial charge in [-0.2, -0.15) is 0 Å². The Hall–Kier alpha value is -3.48. The van der Waals surface area contributed by atoms with E-state index in [2.05, 4.69) is 11.9 Å². The van der Waals surface area contributed by atoms with Crippen LogP contribution in [-0.2, 0) is 11.3 Å². The van der Waals surface area contributed by atoms with E-state index in [1.165, 1.54) is 6.07 Å². The third-order valence-corrected chi connectivity index (χ3v) is 4.33. The van der Waals surface area contributed by atoms with Crippen molar-refractivity contribution in [3.63, 3.8) is 0 Å². The van der Waals surface area contributed by atoms with Crippen molar-refractivity contribution in [1.82, 2.24) is 4.57 Å². The van der Waals surface area contributed by atoms with Crippen molar-refractivity contribution in [2.24, 2.45) is 0 Å². The van der Waals surface area contributed by atoms with Crippen LogP contribution in [-0.4, -0.2) is 15.4 Å². The van der Waals surface area contributed by atoms with Gasteiger partial charge in [0.05, 0.1) is 11.1 Å². The van der Waals surface area contributed by atoms with Crippen LogP contribution in [0.4, 0.5) is 11.4 Å². The predicted molar refractivity (Wildman–Crippen MR) is 99.7 cm³/mol. The molecule has 1 amide bonds. The number of benzene rings is 2. The Kier molecular flexibility index (Phi) is 4.53. The number of fused-ring (bicyclic) bond motifs is 1. The Morgan fingerprint density at radius 2 is 2.00 bits per heavy atom. The third kappa shape index (κ3) is 3.19. The molecule has 0 radical (unpaired) electrons. The van der Waals surface area contributed by atoms with Crippen molar-refractivity contribution < 1.29 is 14.3 Å². The summed E-state index contributed by atoms with van der Waals surface area (Å²) >= 11 is 0. The summed E-state index contributed by atoms with van der Waals surface area (Å²) in [5.41, 5.74) is 3.57. The Labute approximate surface area is 150 Å². The first-order valence-corrected chi connectivity index (χ1v) is 8.07. The van der Waals surface area contributed by atoms with Gasteiger partial charge in [0.25, 0.3) is 11.6 Å². The van der Waals surface area contributed by atoms with E-state index in [1.54, 1.807) is 30.1 Å². The number of anilines is 1. The zero-order chi connectivity index (χ0) is 18.8. The first-order valence-electron chi connectivity index (χ1n) is 8.07. The third-order valence-electron chi connectivity index (χ3n) is 4.33. The minimum Gasteiger partial charge on any atom is -0.317 e. The molecule has 0 atom stereocenters. The van der Waals surface area contributed by atoms with Crippen LogP contribution in [0.3, 0.4) is 0 Å². The zero-order valence-electron chi connectivity index (χ0n) is 14.6. The average Bonchev–Trinajstić information content (AvgIpc) is 2.95. The molecule has 0 aliphatic carbocycles. The van der Waals surface area contributed by atoms with Gasteiger partial charge in [-0.3, -0.25) is 14.9 Å². The number of nitrogens with one attached hydrogen (secondary N) is 1. The van der Waals surface area contributed by atoms with Crippen molar-refractivity contribution >= 4 is 34.5 Å². The normalized spacial score (nSPS) is 10.7. The molecule has 0 saturated heterocycles. The molecular formula is C19H19N4O3+. The quantitative estimate of drug-likeness (QED) is 0.435. The molecule has 26 heavy (non-hydrogen) atoms. The Morgan fingerprint density at radius 3 is 2.69 bits per heavy atom. The fraction of sp³-hybridized carbons (Fsp3) is 0.158. The fourth-order valence-corrected chi connectivity index (χ4v) is 2.87. The predicted octanol–water partition coefficient (Wildman–Crippen LogP) is 3.19. The van der Waals surface area contributed by atoms with Crippen molar-refractivity contribution in [2.45, 2.75) is 20.4 Å². The number of nitrogens with zero attached hydrogens (tertiary/aromatic N) is 3. The number of aromatic nitrogens is 2. The van der Waals surface area contributed by atoms with Crippen molar-refractivity contribution in [3.8, 4) is 0 Å². The van der Waals surface area contributed by atoms with Crippen LogP contribution < -0.4 is 9.88 Å². The number of rotatable bonds is 5. The number of imidazole rings is 1. The maximum absolute atomic E-state index is 12.5. The molecule has 0 bridgehead atoms. The molecule has 0 aliphatic heterocycles. The molecule has 0 unspecified atom stereocenters. The van der Waals surface area contributed by atoms with Crippen molar-refractivity contribution in [2.75, 3.05) is 5.32 Å². The minimum atomic E-state index is -0.487. The zero-order valence-corrected chi connectivity index (χ0v) is 14.6. The topological polar surface area (TPSA) is 81.0 Å². The summed E-state index contributed by atoms with van der Waals surface area (Å²) < 4.78 is 3.60. The van der Waals surface area contributed by atoms with E-state index in [4.69, 9.17) is 0 Å².